The van der Waals surface area contributed by atoms with Crippen LogP contribution in [0.25, 0.3) is 0 Å². The highest BCUT2D eigenvalue weighted by molar-refractivity contribution is 5.77. The maximum atomic E-state index is 12.9. The van der Waals surface area contributed by atoms with Gasteiger partial charge in [-0.1, -0.05) is 26.0 Å². The van der Waals surface area contributed by atoms with Gasteiger partial charge in [0, 0.05) is 6.42 Å². The van der Waals surface area contributed by atoms with Crippen LogP contribution in [0.1, 0.15) is 45.1 Å². The summed E-state index contributed by atoms with van der Waals surface area (Å²) < 4.78 is 12.9. The zero-order valence-corrected chi connectivity index (χ0v) is 11.0. The van der Waals surface area contributed by atoms with Crippen LogP contribution in [-0.2, 0) is 10.3 Å². The van der Waals surface area contributed by atoms with Crippen molar-refractivity contribution in [3.05, 3.63) is 35.6 Å². The number of hydrogen-bond acceptors (Lipinski definition) is 1. The normalized spacial score (nSPS) is 17.3. The molecule has 0 unspecified atom stereocenters. The van der Waals surface area contributed by atoms with Crippen molar-refractivity contribution in [1.82, 2.24) is 5.32 Å². The Morgan fingerprint density at radius 1 is 1.33 bits per heavy atom. The molecule has 2 rings (SSSR count). The van der Waals surface area contributed by atoms with Gasteiger partial charge in [0.2, 0.25) is 5.91 Å². The molecule has 1 aromatic rings. The first-order chi connectivity index (χ1) is 8.52. The Labute approximate surface area is 108 Å². The fraction of sp³-hybridized carbons (Fsp3) is 0.533. The van der Waals surface area contributed by atoms with Crippen LogP contribution in [0, 0.1) is 11.7 Å². The smallest absolute Gasteiger partial charge is 0.220 e. The third-order valence-electron chi connectivity index (χ3n) is 3.58. The number of rotatable bonds is 4. The van der Waals surface area contributed by atoms with E-state index in [1.807, 2.05) is 13.8 Å². The molecule has 1 fully saturated rings. The van der Waals surface area contributed by atoms with Crippen molar-refractivity contribution in [3.8, 4) is 0 Å². The van der Waals surface area contributed by atoms with Gasteiger partial charge in [0.05, 0.1) is 5.54 Å². The van der Waals surface area contributed by atoms with Crippen LogP contribution >= 0.6 is 0 Å². The first-order valence-electron chi connectivity index (χ1n) is 6.59. The topological polar surface area (TPSA) is 29.1 Å². The summed E-state index contributed by atoms with van der Waals surface area (Å²) in [5.41, 5.74) is 0.770. The van der Waals surface area contributed by atoms with Crippen LogP contribution < -0.4 is 5.32 Å². The quantitative estimate of drug-likeness (QED) is 0.871. The molecule has 0 atom stereocenters. The summed E-state index contributed by atoms with van der Waals surface area (Å²) in [6.07, 6.45) is 3.55. The molecule has 0 radical (unpaired) electrons. The number of carbonyl (C=O) groups excluding carboxylic acids is 1. The first kappa shape index (κ1) is 13.1. The monoisotopic (exact) mass is 249 g/mol. The molecule has 0 spiro atoms. The first-order valence-corrected chi connectivity index (χ1v) is 6.59. The molecule has 18 heavy (non-hydrogen) atoms. The second kappa shape index (κ2) is 5.09. The highest BCUT2D eigenvalue weighted by atomic mass is 19.1. The standard InChI is InChI=1S/C15H20FNO/c1-11(2)10-14(18)17-15(8-3-9-15)12-4-6-13(16)7-5-12/h4-7,11H,3,8-10H2,1-2H3,(H,17,18). The molecule has 1 N–H and O–H groups in total. The van der Waals surface area contributed by atoms with E-state index in [9.17, 15) is 9.18 Å². The molecule has 0 saturated heterocycles. The Kier molecular flexibility index (Phi) is 3.69. The fourth-order valence-electron chi connectivity index (χ4n) is 2.47. The van der Waals surface area contributed by atoms with Crippen LogP contribution in [0.2, 0.25) is 0 Å². The Hall–Kier alpha value is -1.38. The summed E-state index contributed by atoms with van der Waals surface area (Å²) in [6.45, 7) is 4.07. The summed E-state index contributed by atoms with van der Waals surface area (Å²) in [6, 6.07) is 6.49. The second-order valence-electron chi connectivity index (χ2n) is 5.59. The molecule has 1 amide bonds. The number of halogens is 1. The van der Waals surface area contributed by atoms with E-state index in [1.54, 1.807) is 12.1 Å². The molecule has 0 aromatic heterocycles. The highest BCUT2D eigenvalue weighted by Gasteiger charge is 2.39. The Balaban J connectivity index is 2.11. The van der Waals surface area contributed by atoms with Gasteiger partial charge in [0.25, 0.3) is 0 Å². The number of hydrogen-bond donors (Lipinski definition) is 1. The van der Waals surface area contributed by atoms with E-state index < -0.39 is 0 Å². The average molecular weight is 249 g/mol. The van der Waals surface area contributed by atoms with Crippen molar-refractivity contribution in [3.63, 3.8) is 0 Å². The van der Waals surface area contributed by atoms with Crippen molar-refractivity contribution in [2.24, 2.45) is 5.92 Å². The van der Waals surface area contributed by atoms with Crippen molar-refractivity contribution in [2.45, 2.75) is 45.1 Å². The van der Waals surface area contributed by atoms with Crippen LogP contribution in [0.3, 0.4) is 0 Å². The molecule has 98 valence electrons. The molecule has 2 nitrogen and oxygen atoms in total. The maximum Gasteiger partial charge on any atom is 0.220 e. The minimum atomic E-state index is -0.250. The van der Waals surface area contributed by atoms with E-state index in [-0.39, 0.29) is 17.3 Å². The van der Waals surface area contributed by atoms with Crippen LogP contribution in [0.4, 0.5) is 4.39 Å². The van der Waals surface area contributed by atoms with Crippen molar-refractivity contribution in [2.75, 3.05) is 0 Å². The number of nitrogens with one attached hydrogen (secondary N) is 1. The lowest BCUT2D eigenvalue weighted by Gasteiger charge is -2.43. The predicted octanol–water partition coefficient (Wildman–Crippen LogP) is 3.37. The minimum absolute atomic E-state index is 0.0917. The van der Waals surface area contributed by atoms with E-state index in [4.69, 9.17) is 0 Å². The lowest BCUT2D eigenvalue weighted by Crippen LogP contribution is -2.51. The Morgan fingerprint density at radius 3 is 2.39 bits per heavy atom. The van der Waals surface area contributed by atoms with Crippen LogP contribution in [0.15, 0.2) is 24.3 Å². The van der Waals surface area contributed by atoms with Crippen LogP contribution in [-0.4, -0.2) is 5.91 Å². The second-order valence-corrected chi connectivity index (χ2v) is 5.59. The molecule has 1 aromatic carbocycles. The Morgan fingerprint density at radius 2 is 1.94 bits per heavy atom. The van der Waals surface area contributed by atoms with Gasteiger partial charge in [0.15, 0.2) is 0 Å². The molecule has 1 saturated carbocycles. The van der Waals surface area contributed by atoms with Crippen molar-refractivity contribution in [1.29, 1.82) is 0 Å². The maximum absolute atomic E-state index is 12.9. The molecular weight excluding hydrogens is 229 g/mol. The number of benzene rings is 1. The fourth-order valence-corrected chi connectivity index (χ4v) is 2.47. The molecule has 0 aliphatic heterocycles. The van der Waals surface area contributed by atoms with Gasteiger partial charge >= 0.3 is 0 Å². The van der Waals surface area contributed by atoms with Gasteiger partial charge < -0.3 is 5.32 Å². The average Bonchev–Trinajstić information content (AvgIpc) is 2.24. The summed E-state index contributed by atoms with van der Waals surface area (Å²) in [5.74, 6) is 0.214. The summed E-state index contributed by atoms with van der Waals surface area (Å²) in [5, 5.41) is 3.14. The summed E-state index contributed by atoms with van der Waals surface area (Å²) >= 11 is 0. The van der Waals surface area contributed by atoms with Gasteiger partial charge in [-0.2, -0.15) is 0 Å². The van der Waals surface area contributed by atoms with Gasteiger partial charge in [-0.3, -0.25) is 4.79 Å². The van der Waals surface area contributed by atoms with E-state index in [1.165, 1.54) is 12.1 Å². The zero-order chi connectivity index (χ0) is 13.2. The molecular formula is C15H20FNO. The van der Waals surface area contributed by atoms with E-state index in [0.29, 0.717) is 12.3 Å². The third-order valence-corrected chi connectivity index (χ3v) is 3.58. The molecule has 1 aliphatic rings. The van der Waals surface area contributed by atoms with E-state index >= 15 is 0 Å². The minimum Gasteiger partial charge on any atom is -0.347 e. The van der Waals surface area contributed by atoms with Gasteiger partial charge in [-0.25, -0.2) is 4.39 Å². The lowest BCUT2D eigenvalue weighted by molar-refractivity contribution is -0.125. The Bertz CT molecular complexity index is 421. The number of amides is 1. The largest absolute Gasteiger partial charge is 0.347 e. The van der Waals surface area contributed by atoms with Crippen molar-refractivity contribution < 1.29 is 9.18 Å². The summed E-state index contributed by atoms with van der Waals surface area (Å²) in [7, 11) is 0. The van der Waals surface area contributed by atoms with E-state index in [2.05, 4.69) is 5.32 Å². The zero-order valence-electron chi connectivity index (χ0n) is 11.0. The molecule has 3 heteroatoms. The van der Waals surface area contributed by atoms with Crippen molar-refractivity contribution >= 4 is 5.91 Å². The lowest BCUT2D eigenvalue weighted by atomic mass is 9.71. The molecule has 1 aliphatic carbocycles. The third kappa shape index (κ3) is 2.71. The molecule has 0 bridgehead atoms. The van der Waals surface area contributed by atoms with Gasteiger partial charge in [0.1, 0.15) is 5.82 Å². The highest BCUT2D eigenvalue weighted by Crippen LogP contribution is 2.41. The van der Waals surface area contributed by atoms with Crippen LogP contribution in [0.5, 0.6) is 0 Å². The predicted molar refractivity (Wildman–Crippen MR) is 69.5 cm³/mol. The van der Waals surface area contributed by atoms with Gasteiger partial charge in [-0.05, 0) is 42.9 Å². The number of carbonyl (C=O) groups is 1. The SMILES string of the molecule is CC(C)CC(=O)NC1(c2ccc(F)cc2)CCC1. The van der Waals surface area contributed by atoms with Gasteiger partial charge in [-0.15, -0.1) is 0 Å². The molecule has 0 heterocycles. The summed E-state index contributed by atoms with van der Waals surface area (Å²) in [4.78, 5) is 11.9. The van der Waals surface area contributed by atoms with E-state index in [0.717, 1.165) is 24.8 Å².